The number of nitrogens with zero attached hydrogens (tertiary/aromatic N) is 3. The zero-order valence-electron chi connectivity index (χ0n) is 15.4. The van der Waals surface area contributed by atoms with E-state index in [-0.39, 0.29) is 0 Å². The van der Waals surface area contributed by atoms with E-state index in [0.717, 1.165) is 36.3 Å². The zero-order chi connectivity index (χ0) is 18.4. The lowest BCUT2D eigenvalue weighted by molar-refractivity contribution is -0.138. The molecule has 1 atom stereocenters. The summed E-state index contributed by atoms with van der Waals surface area (Å²) in [7, 11) is 2.14. The number of hydrogen-bond acceptors (Lipinski definition) is 3. The van der Waals surface area contributed by atoms with Crippen molar-refractivity contribution in [2.45, 2.75) is 32.7 Å². The van der Waals surface area contributed by atoms with Gasteiger partial charge in [-0.3, -0.25) is 9.78 Å². The Bertz CT molecular complexity index is 1010. The smallest absolute Gasteiger partial charge is 0.310 e. The van der Waals surface area contributed by atoms with Gasteiger partial charge in [-0.2, -0.15) is 0 Å². The number of carboxylic acids is 1. The van der Waals surface area contributed by atoms with Gasteiger partial charge in [-0.15, -0.1) is 0 Å². The maximum Gasteiger partial charge on any atom is 0.310 e. The summed E-state index contributed by atoms with van der Waals surface area (Å²) in [6, 6.07) is 8.33. The van der Waals surface area contributed by atoms with Crippen molar-refractivity contribution in [2.24, 2.45) is 0 Å². The number of carboxylic acid groups (broad SMARTS) is 1. The van der Waals surface area contributed by atoms with E-state index in [9.17, 15) is 9.90 Å². The number of rotatable bonds is 3. The maximum atomic E-state index is 11.6. The maximum absolute atomic E-state index is 11.6. The highest BCUT2D eigenvalue weighted by Crippen LogP contribution is 2.35. The summed E-state index contributed by atoms with van der Waals surface area (Å²) in [5.41, 5.74) is 6.65. The number of likely N-dealkylation sites (N-methyl/N-ethyl adjacent to an activating group) is 1. The molecular weight excluding hydrogens is 326 g/mol. The largest absolute Gasteiger partial charge is 0.481 e. The molecule has 134 valence electrons. The molecule has 4 rings (SSSR count). The summed E-state index contributed by atoms with van der Waals surface area (Å²) in [6.07, 6.45) is 4.41. The first-order valence-corrected chi connectivity index (χ1v) is 8.96. The Labute approximate surface area is 152 Å². The molecule has 1 N–H and O–H groups in total. The van der Waals surface area contributed by atoms with Crippen LogP contribution in [0.5, 0.6) is 0 Å². The molecule has 1 aromatic carbocycles. The van der Waals surface area contributed by atoms with E-state index in [0.29, 0.717) is 0 Å². The first-order chi connectivity index (χ1) is 12.5. The van der Waals surface area contributed by atoms with Crippen molar-refractivity contribution in [2.75, 3.05) is 13.6 Å². The third-order valence-corrected chi connectivity index (χ3v) is 5.41. The minimum atomic E-state index is -0.821. The molecule has 2 aromatic heterocycles. The number of aliphatic carboxylic acids is 1. The highest BCUT2D eigenvalue weighted by molar-refractivity contribution is 5.89. The van der Waals surface area contributed by atoms with Gasteiger partial charge >= 0.3 is 5.97 Å². The Hall–Kier alpha value is -2.66. The SMILES string of the molecule is Cc1ccc2c(c1)c1c(n2-c2cnccc2C(C)C(=O)O)CCN(C)C1. The van der Waals surface area contributed by atoms with E-state index in [1.165, 1.54) is 22.2 Å². The van der Waals surface area contributed by atoms with Crippen molar-refractivity contribution < 1.29 is 9.90 Å². The molecule has 0 amide bonds. The molecule has 3 heterocycles. The fourth-order valence-electron chi connectivity index (χ4n) is 3.97. The number of carbonyl (C=O) groups is 1. The van der Waals surface area contributed by atoms with Gasteiger partial charge in [0.05, 0.1) is 23.3 Å². The van der Waals surface area contributed by atoms with Crippen molar-refractivity contribution in [1.29, 1.82) is 0 Å². The van der Waals surface area contributed by atoms with Gasteiger partial charge in [0.2, 0.25) is 0 Å². The second-order valence-corrected chi connectivity index (χ2v) is 7.26. The topological polar surface area (TPSA) is 58.4 Å². The van der Waals surface area contributed by atoms with Gasteiger partial charge in [0.1, 0.15) is 0 Å². The number of pyridine rings is 1. The van der Waals surface area contributed by atoms with Crippen molar-refractivity contribution >= 4 is 16.9 Å². The van der Waals surface area contributed by atoms with Crippen LogP contribution in [-0.4, -0.2) is 39.1 Å². The molecule has 5 heteroatoms. The molecule has 0 fully saturated rings. The average molecular weight is 349 g/mol. The van der Waals surface area contributed by atoms with Gasteiger partial charge < -0.3 is 14.6 Å². The monoisotopic (exact) mass is 349 g/mol. The summed E-state index contributed by atoms with van der Waals surface area (Å²) >= 11 is 0. The third-order valence-electron chi connectivity index (χ3n) is 5.41. The number of fused-ring (bicyclic) bond motifs is 3. The summed E-state index contributed by atoms with van der Waals surface area (Å²) < 4.78 is 2.24. The third kappa shape index (κ3) is 2.59. The van der Waals surface area contributed by atoms with E-state index in [2.05, 4.69) is 46.6 Å². The standard InChI is InChI=1S/C21H23N3O2/c1-13-4-5-18-16(10-13)17-12-23(3)9-7-19(17)24(18)20-11-22-8-6-15(20)14(2)21(25)26/h4-6,8,10-11,14H,7,9,12H2,1-3H3,(H,25,26). The van der Waals surface area contributed by atoms with Gasteiger partial charge in [0, 0.05) is 36.8 Å². The molecule has 1 unspecified atom stereocenters. The Kier molecular flexibility index (Phi) is 4.04. The molecular formula is C21H23N3O2. The van der Waals surface area contributed by atoms with E-state index < -0.39 is 11.9 Å². The van der Waals surface area contributed by atoms with Gasteiger partial charge in [-0.25, -0.2) is 0 Å². The summed E-state index contributed by atoms with van der Waals surface area (Å²) in [5.74, 6) is -1.41. The van der Waals surface area contributed by atoms with Crippen LogP contribution in [0.1, 0.15) is 35.2 Å². The Balaban J connectivity index is 2.04. The molecule has 0 bridgehead atoms. The molecule has 1 aliphatic rings. The molecule has 0 aliphatic carbocycles. The number of benzene rings is 1. The highest BCUT2D eigenvalue weighted by Gasteiger charge is 2.26. The van der Waals surface area contributed by atoms with Gasteiger partial charge in [0.25, 0.3) is 0 Å². The average Bonchev–Trinajstić information content (AvgIpc) is 2.94. The molecule has 0 saturated heterocycles. The molecule has 0 saturated carbocycles. The molecule has 3 aromatic rings. The minimum Gasteiger partial charge on any atom is -0.481 e. The second kappa shape index (κ2) is 6.25. The molecule has 0 spiro atoms. The van der Waals surface area contributed by atoms with E-state index in [1.807, 2.05) is 6.07 Å². The van der Waals surface area contributed by atoms with Gasteiger partial charge in [-0.1, -0.05) is 11.6 Å². The molecule has 1 aliphatic heterocycles. The lowest BCUT2D eigenvalue weighted by Gasteiger charge is -2.25. The van der Waals surface area contributed by atoms with E-state index in [1.54, 1.807) is 19.3 Å². The van der Waals surface area contributed by atoms with Crippen LogP contribution in [0.3, 0.4) is 0 Å². The normalized spacial score (nSPS) is 15.8. The zero-order valence-corrected chi connectivity index (χ0v) is 15.4. The molecule has 26 heavy (non-hydrogen) atoms. The van der Waals surface area contributed by atoms with Crippen LogP contribution in [0.2, 0.25) is 0 Å². The quantitative estimate of drug-likeness (QED) is 0.786. The number of aryl methyl sites for hydroxylation is 1. The van der Waals surface area contributed by atoms with Gasteiger partial charge in [-0.05, 0) is 50.2 Å². The van der Waals surface area contributed by atoms with Crippen molar-refractivity contribution in [3.8, 4) is 5.69 Å². The summed E-state index contributed by atoms with van der Waals surface area (Å²) in [4.78, 5) is 18.3. The molecule has 0 radical (unpaired) electrons. The second-order valence-electron chi connectivity index (χ2n) is 7.26. The van der Waals surface area contributed by atoms with Crippen LogP contribution in [0.4, 0.5) is 0 Å². The Morgan fingerprint density at radius 2 is 2.12 bits per heavy atom. The first-order valence-electron chi connectivity index (χ1n) is 8.96. The minimum absolute atomic E-state index is 0.585. The fraction of sp³-hybridized carbons (Fsp3) is 0.333. The number of aromatic nitrogens is 2. The predicted octanol–water partition coefficient (Wildman–Crippen LogP) is 3.51. The van der Waals surface area contributed by atoms with E-state index >= 15 is 0 Å². The summed E-state index contributed by atoms with van der Waals surface area (Å²) in [6.45, 7) is 5.74. The number of hydrogen-bond donors (Lipinski definition) is 1. The van der Waals surface area contributed by atoms with Crippen LogP contribution >= 0.6 is 0 Å². The Morgan fingerprint density at radius 3 is 2.88 bits per heavy atom. The van der Waals surface area contributed by atoms with Crippen molar-refractivity contribution in [3.63, 3.8) is 0 Å². The fourth-order valence-corrected chi connectivity index (χ4v) is 3.97. The lowest BCUT2D eigenvalue weighted by Crippen LogP contribution is -2.27. The van der Waals surface area contributed by atoms with Crippen LogP contribution in [0, 0.1) is 6.92 Å². The van der Waals surface area contributed by atoms with Crippen LogP contribution in [0.15, 0.2) is 36.7 Å². The summed E-state index contributed by atoms with van der Waals surface area (Å²) in [5, 5.41) is 10.8. The van der Waals surface area contributed by atoms with Crippen molar-refractivity contribution in [3.05, 3.63) is 59.0 Å². The predicted molar refractivity (Wildman–Crippen MR) is 102 cm³/mol. The van der Waals surface area contributed by atoms with Gasteiger partial charge in [0.15, 0.2) is 0 Å². The lowest BCUT2D eigenvalue weighted by atomic mass is 10.0. The molecule has 5 nitrogen and oxygen atoms in total. The Morgan fingerprint density at radius 1 is 1.31 bits per heavy atom. The highest BCUT2D eigenvalue weighted by atomic mass is 16.4. The van der Waals surface area contributed by atoms with Crippen molar-refractivity contribution in [1.82, 2.24) is 14.5 Å². The van der Waals surface area contributed by atoms with Crippen LogP contribution in [-0.2, 0) is 17.8 Å². The van der Waals surface area contributed by atoms with Crippen LogP contribution in [0.25, 0.3) is 16.6 Å². The van der Waals surface area contributed by atoms with Crippen LogP contribution < -0.4 is 0 Å². The first kappa shape index (κ1) is 16.8. The van der Waals surface area contributed by atoms with E-state index in [4.69, 9.17) is 0 Å².